The molecule has 2 aromatic rings. The summed E-state index contributed by atoms with van der Waals surface area (Å²) in [6.07, 6.45) is -3.51. The number of carbonyl (C=O) groups excluding carboxylic acids is 1. The minimum atomic E-state index is -4.49. The number of nitrogens with zero attached hydrogens (tertiary/aromatic N) is 3. The Labute approximate surface area is 124 Å². The number of carbonyl (C=O) groups is 1. The summed E-state index contributed by atoms with van der Waals surface area (Å²) in [5.41, 5.74) is 0.954. The molecule has 22 heavy (non-hydrogen) atoms. The molecule has 2 N–H and O–H groups in total. The molecule has 0 bridgehead atoms. The first kappa shape index (κ1) is 15.8. The van der Waals surface area contributed by atoms with Gasteiger partial charge in [-0.2, -0.15) is 18.3 Å². The minimum absolute atomic E-state index is 0.188. The van der Waals surface area contributed by atoms with Gasteiger partial charge < -0.3 is 5.32 Å². The third-order valence-electron chi connectivity index (χ3n) is 3.08. The molecular formula is C13H14F3N5O. The van der Waals surface area contributed by atoms with Crippen LogP contribution in [0.4, 0.5) is 29.5 Å². The summed E-state index contributed by atoms with van der Waals surface area (Å²) in [6.45, 7) is 3.48. The number of hydrogen-bond donors (Lipinski definition) is 2. The van der Waals surface area contributed by atoms with Crippen LogP contribution in [0, 0.1) is 13.8 Å². The molecule has 0 aliphatic carbocycles. The molecule has 2 rings (SSSR count). The molecule has 0 aliphatic heterocycles. The first-order valence-electron chi connectivity index (χ1n) is 6.30. The number of rotatable bonds is 2. The average Bonchev–Trinajstić information content (AvgIpc) is 2.65. The number of pyridine rings is 1. The Bertz CT molecular complexity index is 708. The molecule has 0 spiro atoms. The van der Waals surface area contributed by atoms with Crippen molar-refractivity contribution in [2.24, 2.45) is 7.05 Å². The van der Waals surface area contributed by atoms with E-state index < -0.39 is 17.8 Å². The van der Waals surface area contributed by atoms with E-state index in [1.165, 1.54) is 0 Å². The Hall–Kier alpha value is -2.58. The molecule has 0 atom stereocenters. The van der Waals surface area contributed by atoms with E-state index in [0.717, 1.165) is 24.0 Å². The highest BCUT2D eigenvalue weighted by Crippen LogP contribution is 2.30. The monoisotopic (exact) mass is 313 g/mol. The van der Waals surface area contributed by atoms with E-state index >= 15 is 0 Å². The first-order chi connectivity index (χ1) is 10.2. The van der Waals surface area contributed by atoms with Crippen molar-refractivity contribution < 1.29 is 18.0 Å². The molecule has 0 radical (unpaired) electrons. The van der Waals surface area contributed by atoms with Gasteiger partial charge in [0.15, 0.2) is 0 Å². The quantitative estimate of drug-likeness (QED) is 0.895. The lowest BCUT2D eigenvalue weighted by Crippen LogP contribution is -2.21. The summed E-state index contributed by atoms with van der Waals surface area (Å²) >= 11 is 0. The number of aromatic nitrogens is 3. The van der Waals surface area contributed by atoms with Gasteiger partial charge >= 0.3 is 12.2 Å². The maximum Gasteiger partial charge on any atom is 0.416 e. The lowest BCUT2D eigenvalue weighted by atomic mass is 10.2. The second-order valence-electron chi connectivity index (χ2n) is 4.68. The Balaban J connectivity index is 2.13. The van der Waals surface area contributed by atoms with Gasteiger partial charge in [-0.3, -0.25) is 10.00 Å². The summed E-state index contributed by atoms with van der Waals surface area (Å²) in [6, 6.07) is 0.909. The SMILES string of the molecule is Cc1nn(C)c(C)c1NC(=O)Nc1cc(C(F)(F)F)ccn1. The summed E-state index contributed by atoms with van der Waals surface area (Å²) < 4.78 is 39.4. The number of aryl methyl sites for hydroxylation is 2. The second-order valence-corrected chi connectivity index (χ2v) is 4.68. The maximum absolute atomic E-state index is 12.6. The highest BCUT2D eigenvalue weighted by Gasteiger charge is 2.30. The molecule has 0 aliphatic rings. The zero-order chi connectivity index (χ0) is 16.5. The van der Waals surface area contributed by atoms with E-state index in [2.05, 4.69) is 20.7 Å². The van der Waals surface area contributed by atoms with Crippen molar-refractivity contribution in [2.45, 2.75) is 20.0 Å². The smallest absolute Gasteiger partial charge is 0.304 e. The standard InChI is InChI=1S/C13H14F3N5O/c1-7-11(8(2)21(3)20-7)19-12(22)18-10-6-9(4-5-17-10)13(14,15)16/h4-6H,1-3H3,(H2,17,18,19,22). The van der Waals surface area contributed by atoms with Crippen LogP contribution in [-0.4, -0.2) is 20.8 Å². The summed E-state index contributed by atoms with van der Waals surface area (Å²) in [7, 11) is 1.72. The number of nitrogens with one attached hydrogen (secondary N) is 2. The van der Waals surface area contributed by atoms with Crippen LogP contribution in [0.2, 0.25) is 0 Å². The zero-order valence-electron chi connectivity index (χ0n) is 12.1. The molecule has 0 fully saturated rings. The van der Waals surface area contributed by atoms with Crippen molar-refractivity contribution in [2.75, 3.05) is 10.6 Å². The van der Waals surface area contributed by atoms with Crippen molar-refractivity contribution in [3.8, 4) is 0 Å². The molecule has 2 amide bonds. The number of anilines is 2. The molecule has 9 heteroatoms. The van der Waals surface area contributed by atoms with Crippen LogP contribution in [-0.2, 0) is 13.2 Å². The van der Waals surface area contributed by atoms with Gasteiger partial charge in [-0.05, 0) is 26.0 Å². The van der Waals surface area contributed by atoms with Crippen LogP contribution in [0.15, 0.2) is 18.3 Å². The van der Waals surface area contributed by atoms with E-state index in [1.54, 1.807) is 25.6 Å². The third kappa shape index (κ3) is 3.35. The van der Waals surface area contributed by atoms with Crippen LogP contribution in [0.1, 0.15) is 17.0 Å². The summed E-state index contributed by atoms with van der Waals surface area (Å²) in [5, 5.41) is 8.95. The van der Waals surface area contributed by atoms with Gasteiger partial charge in [0.2, 0.25) is 0 Å². The minimum Gasteiger partial charge on any atom is -0.304 e. The largest absolute Gasteiger partial charge is 0.416 e. The average molecular weight is 313 g/mol. The van der Waals surface area contributed by atoms with E-state index in [0.29, 0.717) is 11.4 Å². The third-order valence-corrected chi connectivity index (χ3v) is 3.08. The van der Waals surface area contributed by atoms with Gasteiger partial charge in [0.1, 0.15) is 5.82 Å². The molecule has 0 saturated heterocycles. The van der Waals surface area contributed by atoms with Gasteiger partial charge in [-0.15, -0.1) is 0 Å². The van der Waals surface area contributed by atoms with Crippen molar-refractivity contribution in [1.82, 2.24) is 14.8 Å². The molecule has 2 heterocycles. The van der Waals surface area contributed by atoms with Crippen molar-refractivity contribution >= 4 is 17.5 Å². The normalized spacial score (nSPS) is 11.4. The van der Waals surface area contributed by atoms with Crippen molar-refractivity contribution in [1.29, 1.82) is 0 Å². The highest BCUT2D eigenvalue weighted by molar-refractivity contribution is 5.99. The molecule has 0 unspecified atom stereocenters. The first-order valence-corrected chi connectivity index (χ1v) is 6.30. The van der Waals surface area contributed by atoms with Crippen LogP contribution in [0.3, 0.4) is 0 Å². The number of hydrogen-bond acceptors (Lipinski definition) is 3. The molecule has 2 aromatic heterocycles. The summed E-state index contributed by atoms with van der Waals surface area (Å²) in [4.78, 5) is 15.6. The topological polar surface area (TPSA) is 71.8 Å². The molecular weight excluding hydrogens is 299 g/mol. The lowest BCUT2D eigenvalue weighted by molar-refractivity contribution is -0.137. The fraction of sp³-hybridized carbons (Fsp3) is 0.308. The van der Waals surface area contributed by atoms with E-state index in [-0.39, 0.29) is 5.82 Å². The maximum atomic E-state index is 12.6. The zero-order valence-corrected chi connectivity index (χ0v) is 12.1. The predicted octanol–water partition coefficient (Wildman–Crippen LogP) is 3.09. The van der Waals surface area contributed by atoms with Crippen LogP contribution in [0.25, 0.3) is 0 Å². The molecule has 118 valence electrons. The van der Waals surface area contributed by atoms with Gasteiger partial charge in [-0.1, -0.05) is 0 Å². The molecule has 0 saturated carbocycles. The van der Waals surface area contributed by atoms with Gasteiger partial charge in [0, 0.05) is 13.2 Å². The van der Waals surface area contributed by atoms with Gasteiger partial charge in [0.25, 0.3) is 0 Å². The Morgan fingerprint density at radius 2 is 1.95 bits per heavy atom. The van der Waals surface area contributed by atoms with E-state index in [4.69, 9.17) is 0 Å². The Morgan fingerprint density at radius 1 is 1.27 bits per heavy atom. The van der Waals surface area contributed by atoms with Crippen LogP contribution >= 0.6 is 0 Å². The lowest BCUT2D eigenvalue weighted by Gasteiger charge is -2.10. The highest BCUT2D eigenvalue weighted by atomic mass is 19.4. The molecule has 0 aromatic carbocycles. The van der Waals surface area contributed by atoms with Crippen molar-refractivity contribution in [3.05, 3.63) is 35.3 Å². The van der Waals surface area contributed by atoms with Gasteiger partial charge in [-0.25, -0.2) is 9.78 Å². The van der Waals surface area contributed by atoms with E-state index in [1.807, 2.05) is 0 Å². The van der Waals surface area contributed by atoms with Crippen molar-refractivity contribution in [3.63, 3.8) is 0 Å². The fourth-order valence-corrected chi connectivity index (χ4v) is 1.89. The fourth-order valence-electron chi connectivity index (χ4n) is 1.89. The predicted molar refractivity (Wildman–Crippen MR) is 74.6 cm³/mol. The van der Waals surface area contributed by atoms with Crippen LogP contribution < -0.4 is 10.6 Å². The van der Waals surface area contributed by atoms with E-state index in [9.17, 15) is 18.0 Å². The van der Waals surface area contributed by atoms with Crippen LogP contribution in [0.5, 0.6) is 0 Å². The summed E-state index contributed by atoms with van der Waals surface area (Å²) in [5.74, 6) is -0.188. The Morgan fingerprint density at radius 3 is 2.50 bits per heavy atom. The second kappa shape index (κ2) is 5.66. The van der Waals surface area contributed by atoms with Gasteiger partial charge in [0.05, 0.1) is 22.6 Å². The number of urea groups is 1. The number of alkyl halides is 3. The number of amides is 2. The molecule has 6 nitrogen and oxygen atoms in total. The Kier molecular flexibility index (Phi) is 4.07. The number of halogens is 3.